The molecule has 0 aliphatic rings. The van der Waals surface area contributed by atoms with Gasteiger partial charge in [-0.1, -0.05) is 42.3 Å². The van der Waals surface area contributed by atoms with Crippen molar-refractivity contribution in [3.05, 3.63) is 113 Å². The van der Waals surface area contributed by atoms with E-state index in [2.05, 4.69) is 16.5 Å². The average molecular weight is 668 g/mol. The highest BCUT2D eigenvalue weighted by Gasteiger charge is 2.41. The van der Waals surface area contributed by atoms with Gasteiger partial charge in [0, 0.05) is 12.2 Å². The number of aryl methyl sites for hydroxylation is 3. The van der Waals surface area contributed by atoms with E-state index in [-0.39, 0.29) is 16.6 Å². The molecule has 0 unspecified atom stereocenters. The molecule has 0 aliphatic carbocycles. The summed E-state index contributed by atoms with van der Waals surface area (Å²) >= 11 is -1.05. The molecule has 4 rings (SSSR count). The number of ether oxygens (including phenoxy) is 2. The van der Waals surface area contributed by atoms with Crippen molar-refractivity contribution in [1.82, 2.24) is 9.55 Å². The lowest BCUT2D eigenvalue weighted by atomic mass is 10.1. The Hall–Kier alpha value is -5.18. The van der Waals surface area contributed by atoms with Crippen molar-refractivity contribution in [2.24, 2.45) is 0 Å². The molecule has 3 aromatic carbocycles. The molecule has 47 heavy (non-hydrogen) atoms. The third-order valence-electron chi connectivity index (χ3n) is 6.49. The molecule has 3 atom stereocenters. The number of carbonyl (C=O) groups is 4. The Balaban J connectivity index is 0.000000349. The number of carboxylic acid groups (broad SMARTS) is 2. The number of hydrogen-bond donors (Lipinski definition) is 3. The van der Waals surface area contributed by atoms with Crippen LogP contribution in [0.1, 0.15) is 50.9 Å². The number of carbonyl (C=O) groups excluding carboxylic acids is 2. The van der Waals surface area contributed by atoms with E-state index in [9.17, 15) is 33.9 Å². The van der Waals surface area contributed by atoms with Crippen molar-refractivity contribution in [3.63, 3.8) is 0 Å². The first-order valence-electron chi connectivity index (χ1n) is 14.1. The Labute approximate surface area is 274 Å². The summed E-state index contributed by atoms with van der Waals surface area (Å²) in [6.45, 7) is 6.61. The lowest BCUT2D eigenvalue weighted by Gasteiger charge is -2.21. The lowest BCUT2D eigenvalue weighted by Crippen LogP contribution is -2.45. The minimum atomic E-state index is -2.22. The second-order valence-electron chi connectivity index (χ2n) is 10.2. The number of anilines is 1. The second-order valence-corrected chi connectivity index (χ2v) is 11.6. The number of esters is 2. The fraction of sp³-hybridized carbons (Fsp3) is 0.242. The SMILES string of the molecule is CCCn1cncc1C[S@+]([O-])c1ccc(N)cc1.Cc1ccc(C(=O)O[C@H](C(=O)O)[C@H](OC(=O)c2ccc(C)cc2)C(=O)O)cc1.O. The molecular weight excluding hydrogens is 630 g/mol. The number of nitrogens with two attached hydrogens (primary N) is 1. The summed E-state index contributed by atoms with van der Waals surface area (Å²) in [5, 5.41) is 18.6. The molecule has 0 aliphatic heterocycles. The van der Waals surface area contributed by atoms with Gasteiger partial charge in [-0.15, -0.1) is 0 Å². The Kier molecular flexibility index (Phi) is 14.6. The molecule has 13 nitrogen and oxygen atoms in total. The number of hydrogen-bond acceptors (Lipinski definition) is 9. The van der Waals surface area contributed by atoms with Crippen molar-refractivity contribution < 1.29 is 48.9 Å². The number of nitrogen functional groups attached to an aromatic ring is 1. The van der Waals surface area contributed by atoms with Crippen LogP contribution in [0.3, 0.4) is 0 Å². The fourth-order valence-corrected chi connectivity index (χ4v) is 5.09. The van der Waals surface area contributed by atoms with Crippen LogP contribution in [0, 0.1) is 13.8 Å². The maximum Gasteiger partial charge on any atom is 0.349 e. The van der Waals surface area contributed by atoms with Gasteiger partial charge in [0.1, 0.15) is 0 Å². The van der Waals surface area contributed by atoms with Crippen LogP contribution in [0.25, 0.3) is 0 Å². The van der Waals surface area contributed by atoms with Crippen LogP contribution >= 0.6 is 0 Å². The van der Waals surface area contributed by atoms with E-state index in [0.29, 0.717) is 11.4 Å². The molecule has 14 heteroatoms. The monoisotopic (exact) mass is 667 g/mol. The zero-order valence-corrected chi connectivity index (χ0v) is 26.8. The van der Waals surface area contributed by atoms with E-state index in [1.54, 1.807) is 62.8 Å². The van der Waals surface area contributed by atoms with Gasteiger partial charge in [-0.05, 0) is 80.0 Å². The highest BCUT2D eigenvalue weighted by Crippen LogP contribution is 2.18. The molecule has 0 radical (unpaired) electrons. The maximum atomic E-state index is 12.2. The van der Waals surface area contributed by atoms with Crippen molar-refractivity contribution in [3.8, 4) is 0 Å². The van der Waals surface area contributed by atoms with Crippen LogP contribution < -0.4 is 5.73 Å². The minimum absolute atomic E-state index is 0. The van der Waals surface area contributed by atoms with Gasteiger partial charge in [-0.25, -0.2) is 24.2 Å². The van der Waals surface area contributed by atoms with Crippen LogP contribution in [-0.2, 0) is 42.5 Å². The zero-order chi connectivity index (χ0) is 33.8. The van der Waals surface area contributed by atoms with E-state index in [1.807, 2.05) is 12.1 Å². The maximum absolute atomic E-state index is 12.2. The first-order valence-corrected chi connectivity index (χ1v) is 15.4. The molecule has 1 heterocycles. The number of rotatable bonds is 12. The Morgan fingerprint density at radius 1 is 0.830 bits per heavy atom. The standard InChI is InChI=1S/C20H18O8.C13H17N3OS.H2O/c1-11-3-7-13(8-4-11)19(25)27-15(17(21)22)16(18(23)24)28-20(26)14-9-5-12(2)6-10-14;1-2-7-16-10-15-8-12(16)9-18(17)13-5-3-11(14)4-6-13;/h3-10,15-16H,1-2H3,(H,21,22)(H,23,24);3-6,8,10H,2,7,9,14H2,1H3;1H2/t15-,16-;18-;/m00./s1. The second kappa shape index (κ2) is 18.1. The normalized spacial score (nSPS) is 12.3. The highest BCUT2D eigenvalue weighted by molar-refractivity contribution is 7.90. The fourth-order valence-electron chi connectivity index (χ4n) is 3.98. The van der Waals surface area contributed by atoms with Crippen LogP contribution in [-0.4, -0.2) is 65.9 Å². The van der Waals surface area contributed by atoms with E-state index < -0.39 is 47.3 Å². The summed E-state index contributed by atoms with van der Waals surface area (Å²) < 4.78 is 23.9. The first kappa shape index (κ1) is 38.0. The predicted molar refractivity (Wildman–Crippen MR) is 173 cm³/mol. The number of imidazole rings is 1. The van der Waals surface area contributed by atoms with Gasteiger partial charge in [-0.2, -0.15) is 0 Å². The summed E-state index contributed by atoms with van der Waals surface area (Å²) in [7, 11) is 0. The Morgan fingerprint density at radius 2 is 1.28 bits per heavy atom. The van der Waals surface area contributed by atoms with Crippen LogP contribution in [0.15, 0.2) is 90.2 Å². The van der Waals surface area contributed by atoms with Crippen molar-refractivity contribution in [2.75, 3.05) is 5.73 Å². The van der Waals surface area contributed by atoms with Gasteiger partial charge >= 0.3 is 23.9 Å². The molecule has 0 spiro atoms. The summed E-state index contributed by atoms with van der Waals surface area (Å²) in [4.78, 5) is 52.2. The molecule has 0 saturated carbocycles. The summed E-state index contributed by atoms with van der Waals surface area (Å²) in [5.41, 5.74) is 9.10. The number of aromatic nitrogens is 2. The number of aliphatic carboxylic acids is 2. The number of benzene rings is 3. The molecule has 0 fully saturated rings. The van der Waals surface area contributed by atoms with E-state index in [1.165, 1.54) is 24.3 Å². The van der Waals surface area contributed by atoms with E-state index >= 15 is 0 Å². The topological polar surface area (TPSA) is 226 Å². The van der Waals surface area contributed by atoms with Gasteiger partial charge in [0.25, 0.3) is 0 Å². The van der Waals surface area contributed by atoms with Crippen molar-refractivity contribution >= 4 is 40.7 Å². The quantitative estimate of drug-likeness (QED) is 0.112. The highest BCUT2D eigenvalue weighted by atomic mass is 32.2. The molecule has 0 saturated heterocycles. The molecule has 250 valence electrons. The summed E-state index contributed by atoms with van der Waals surface area (Å²) in [6, 6.07) is 19.2. The Bertz CT molecular complexity index is 1550. The van der Waals surface area contributed by atoms with Gasteiger partial charge in [0.15, 0.2) is 10.6 Å². The molecule has 0 amide bonds. The first-order chi connectivity index (χ1) is 21.9. The molecule has 0 bridgehead atoms. The van der Waals surface area contributed by atoms with E-state index in [4.69, 9.17) is 15.2 Å². The summed E-state index contributed by atoms with van der Waals surface area (Å²) in [6.07, 6.45) is 0.170. The van der Waals surface area contributed by atoms with Crippen molar-refractivity contribution in [2.45, 2.75) is 56.6 Å². The van der Waals surface area contributed by atoms with Crippen LogP contribution in [0.2, 0.25) is 0 Å². The van der Waals surface area contributed by atoms with Gasteiger partial charge < -0.3 is 40.0 Å². The number of nitrogens with zero attached hydrogens (tertiary/aromatic N) is 2. The van der Waals surface area contributed by atoms with E-state index in [0.717, 1.165) is 34.7 Å². The van der Waals surface area contributed by atoms with Gasteiger partial charge in [0.2, 0.25) is 12.2 Å². The average Bonchev–Trinajstić information content (AvgIpc) is 3.46. The Morgan fingerprint density at radius 3 is 1.68 bits per heavy atom. The molecule has 1 aromatic heterocycles. The number of carboxylic acids is 2. The molecule has 6 N–H and O–H groups in total. The van der Waals surface area contributed by atoms with Crippen molar-refractivity contribution in [1.29, 1.82) is 0 Å². The summed E-state index contributed by atoms with van der Waals surface area (Å²) in [5.74, 6) is -5.13. The van der Waals surface area contributed by atoms with Gasteiger partial charge in [-0.3, -0.25) is 0 Å². The third kappa shape index (κ3) is 11.3. The largest absolute Gasteiger partial charge is 0.611 e. The van der Waals surface area contributed by atoms with Gasteiger partial charge in [0.05, 0.1) is 29.3 Å². The minimum Gasteiger partial charge on any atom is -0.611 e. The predicted octanol–water partition coefficient (Wildman–Crippen LogP) is 3.58. The molecular formula is C33H37N3O10S. The lowest BCUT2D eigenvalue weighted by molar-refractivity contribution is -0.166. The third-order valence-corrected chi connectivity index (χ3v) is 7.85. The molecule has 4 aromatic rings. The van der Waals surface area contributed by atoms with Crippen LogP contribution in [0.4, 0.5) is 5.69 Å². The van der Waals surface area contributed by atoms with Crippen LogP contribution in [0.5, 0.6) is 0 Å². The zero-order valence-electron chi connectivity index (χ0n) is 26.0. The smallest absolute Gasteiger partial charge is 0.349 e.